The summed E-state index contributed by atoms with van der Waals surface area (Å²) in [4.78, 5) is 11.3. The van der Waals surface area contributed by atoms with Crippen molar-refractivity contribution in [1.82, 2.24) is 4.57 Å². The monoisotopic (exact) mass is 209 g/mol. The molecule has 0 aromatic carbocycles. The van der Waals surface area contributed by atoms with Crippen LogP contribution in [-0.2, 0) is 11.3 Å². The second-order valence-corrected chi connectivity index (χ2v) is 3.64. The quantitative estimate of drug-likeness (QED) is 0.533. The topological polar surface area (TPSA) is 31.2 Å². The van der Waals surface area contributed by atoms with E-state index in [2.05, 4.69) is 6.92 Å². The first-order valence-electron chi connectivity index (χ1n) is 5.53. The Labute approximate surface area is 91.0 Å². The van der Waals surface area contributed by atoms with E-state index in [4.69, 9.17) is 4.74 Å². The zero-order chi connectivity index (χ0) is 11.1. The zero-order valence-corrected chi connectivity index (χ0v) is 9.53. The number of carbonyl (C=O) groups excluding carboxylic acids is 1. The van der Waals surface area contributed by atoms with Gasteiger partial charge in [0.25, 0.3) is 0 Å². The van der Waals surface area contributed by atoms with E-state index in [0.29, 0.717) is 5.69 Å². The third-order valence-corrected chi connectivity index (χ3v) is 2.48. The lowest BCUT2D eigenvalue weighted by molar-refractivity contribution is 0.0588. The van der Waals surface area contributed by atoms with E-state index in [1.165, 1.54) is 26.4 Å². The molecule has 3 nitrogen and oxygen atoms in total. The van der Waals surface area contributed by atoms with Gasteiger partial charge in [0, 0.05) is 12.7 Å². The Bertz CT molecular complexity index is 304. The van der Waals surface area contributed by atoms with Crippen molar-refractivity contribution >= 4 is 5.97 Å². The Morgan fingerprint density at radius 3 is 2.87 bits per heavy atom. The minimum Gasteiger partial charge on any atom is -0.464 e. The molecule has 0 unspecified atom stereocenters. The Balaban J connectivity index is 2.46. The van der Waals surface area contributed by atoms with Crippen LogP contribution in [0.2, 0.25) is 0 Å². The van der Waals surface area contributed by atoms with Crippen molar-refractivity contribution in [3.05, 3.63) is 24.0 Å². The third-order valence-electron chi connectivity index (χ3n) is 2.48. The first-order chi connectivity index (χ1) is 7.29. The molecule has 0 atom stereocenters. The molecule has 1 aromatic rings. The molecule has 0 bridgehead atoms. The first kappa shape index (κ1) is 11.8. The summed E-state index contributed by atoms with van der Waals surface area (Å²) in [5, 5.41) is 0. The maximum absolute atomic E-state index is 11.3. The summed E-state index contributed by atoms with van der Waals surface area (Å²) in [6.45, 7) is 3.09. The van der Waals surface area contributed by atoms with Gasteiger partial charge in [0.15, 0.2) is 0 Å². The number of hydrogen-bond donors (Lipinski definition) is 0. The van der Waals surface area contributed by atoms with Gasteiger partial charge in [-0.3, -0.25) is 0 Å². The number of aryl methyl sites for hydroxylation is 1. The van der Waals surface area contributed by atoms with Gasteiger partial charge in [-0.1, -0.05) is 26.2 Å². The number of methoxy groups -OCH3 is 1. The third kappa shape index (κ3) is 3.42. The van der Waals surface area contributed by atoms with Crippen LogP contribution in [-0.4, -0.2) is 17.6 Å². The number of ether oxygens (including phenoxy) is 1. The SMILES string of the molecule is CCCCCCn1cccc1C(=O)OC. The maximum atomic E-state index is 11.3. The van der Waals surface area contributed by atoms with Crippen LogP contribution >= 0.6 is 0 Å². The molecule has 84 valence electrons. The van der Waals surface area contributed by atoms with Gasteiger partial charge in [-0.25, -0.2) is 4.79 Å². The molecule has 1 rings (SSSR count). The lowest BCUT2D eigenvalue weighted by atomic mass is 10.2. The molecule has 1 heterocycles. The van der Waals surface area contributed by atoms with Crippen molar-refractivity contribution in [3.63, 3.8) is 0 Å². The average molecular weight is 209 g/mol. The summed E-state index contributed by atoms with van der Waals surface area (Å²) >= 11 is 0. The summed E-state index contributed by atoms with van der Waals surface area (Å²) in [5.74, 6) is -0.254. The van der Waals surface area contributed by atoms with E-state index in [1.54, 1.807) is 6.07 Å². The highest BCUT2D eigenvalue weighted by Gasteiger charge is 2.09. The van der Waals surface area contributed by atoms with Crippen LogP contribution < -0.4 is 0 Å². The number of esters is 1. The summed E-state index contributed by atoms with van der Waals surface area (Å²) in [5.41, 5.74) is 0.647. The molecule has 0 saturated carbocycles. The molecule has 0 saturated heterocycles. The Morgan fingerprint density at radius 2 is 2.20 bits per heavy atom. The van der Waals surface area contributed by atoms with Gasteiger partial charge in [0.1, 0.15) is 5.69 Å². The Morgan fingerprint density at radius 1 is 1.40 bits per heavy atom. The highest BCUT2D eigenvalue weighted by atomic mass is 16.5. The number of rotatable bonds is 6. The van der Waals surface area contributed by atoms with Crippen molar-refractivity contribution in [2.45, 2.75) is 39.2 Å². The van der Waals surface area contributed by atoms with Crippen LogP contribution in [0.25, 0.3) is 0 Å². The smallest absolute Gasteiger partial charge is 0.354 e. The van der Waals surface area contributed by atoms with E-state index in [0.717, 1.165) is 13.0 Å². The molecule has 0 radical (unpaired) electrons. The van der Waals surface area contributed by atoms with Gasteiger partial charge >= 0.3 is 5.97 Å². The van der Waals surface area contributed by atoms with Gasteiger partial charge in [-0.15, -0.1) is 0 Å². The molecule has 0 aliphatic carbocycles. The van der Waals surface area contributed by atoms with Crippen LogP contribution in [0.15, 0.2) is 18.3 Å². The van der Waals surface area contributed by atoms with Crippen LogP contribution in [0.4, 0.5) is 0 Å². The van der Waals surface area contributed by atoms with Gasteiger partial charge in [-0.05, 0) is 18.6 Å². The average Bonchev–Trinajstić information content (AvgIpc) is 2.71. The van der Waals surface area contributed by atoms with Crippen LogP contribution in [0.3, 0.4) is 0 Å². The molecule has 15 heavy (non-hydrogen) atoms. The van der Waals surface area contributed by atoms with E-state index in [9.17, 15) is 4.79 Å². The number of hydrogen-bond acceptors (Lipinski definition) is 2. The minimum atomic E-state index is -0.254. The van der Waals surface area contributed by atoms with Crippen LogP contribution in [0.5, 0.6) is 0 Å². The first-order valence-corrected chi connectivity index (χ1v) is 5.53. The van der Waals surface area contributed by atoms with Gasteiger partial charge in [0.05, 0.1) is 7.11 Å². The van der Waals surface area contributed by atoms with Crippen molar-refractivity contribution in [2.75, 3.05) is 7.11 Å². The fourth-order valence-electron chi connectivity index (χ4n) is 1.61. The van der Waals surface area contributed by atoms with Crippen molar-refractivity contribution in [1.29, 1.82) is 0 Å². The predicted molar refractivity (Wildman–Crippen MR) is 59.9 cm³/mol. The number of nitrogens with zero attached hydrogens (tertiary/aromatic N) is 1. The highest BCUT2D eigenvalue weighted by molar-refractivity contribution is 5.87. The lowest BCUT2D eigenvalue weighted by Crippen LogP contribution is -2.10. The molecule has 3 heteroatoms. The molecule has 0 amide bonds. The summed E-state index contributed by atoms with van der Waals surface area (Å²) in [7, 11) is 1.41. The maximum Gasteiger partial charge on any atom is 0.354 e. The summed E-state index contributed by atoms with van der Waals surface area (Å²) < 4.78 is 6.66. The molecule has 0 fully saturated rings. The van der Waals surface area contributed by atoms with Crippen molar-refractivity contribution < 1.29 is 9.53 Å². The zero-order valence-electron chi connectivity index (χ0n) is 9.53. The standard InChI is InChI=1S/C12H19NO2/c1-3-4-5-6-9-13-10-7-8-11(13)12(14)15-2/h7-8,10H,3-6,9H2,1-2H3. The Hall–Kier alpha value is -1.25. The molecule has 0 spiro atoms. The van der Waals surface area contributed by atoms with Crippen LogP contribution in [0.1, 0.15) is 43.1 Å². The second kappa shape index (κ2) is 6.27. The number of aromatic nitrogens is 1. The van der Waals surface area contributed by atoms with Crippen molar-refractivity contribution in [2.24, 2.45) is 0 Å². The molecule has 1 aromatic heterocycles. The fourth-order valence-corrected chi connectivity index (χ4v) is 1.61. The lowest BCUT2D eigenvalue weighted by Gasteiger charge is -2.06. The van der Waals surface area contributed by atoms with E-state index in [1.807, 2.05) is 16.8 Å². The molecule has 0 aliphatic rings. The summed E-state index contributed by atoms with van der Waals surface area (Å²) in [6, 6.07) is 3.68. The number of unbranched alkanes of at least 4 members (excludes halogenated alkanes) is 3. The molecule has 0 aliphatic heterocycles. The van der Waals surface area contributed by atoms with Crippen molar-refractivity contribution in [3.8, 4) is 0 Å². The molecular formula is C12H19NO2. The van der Waals surface area contributed by atoms with Crippen LogP contribution in [0, 0.1) is 0 Å². The van der Waals surface area contributed by atoms with Gasteiger partial charge in [-0.2, -0.15) is 0 Å². The Kier molecular flexibility index (Phi) is 4.95. The van der Waals surface area contributed by atoms with Gasteiger partial charge < -0.3 is 9.30 Å². The molecular weight excluding hydrogens is 190 g/mol. The van der Waals surface area contributed by atoms with E-state index in [-0.39, 0.29) is 5.97 Å². The highest BCUT2D eigenvalue weighted by Crippen LogP contribution is 2.07. The largest absolute Gasteiger partial charge is 0.464 e. The van der Waals surface area contributed by atoms with E-state index < -0.39 is 0 Å². The normalized spacial score (nSPS) is 10.3. The summed E-state index contributed by atoms with van der Waals surface area (Å²) in [6.07, 6.45) is 6.75. The minimum absolute atomic E-state index is 0.254. The molecule has 0 N–H and O–H groups in total. The predicted octanol–water partition coefficient (Wildman–Crippen LogP) is 2.86. The second-order valence-electron chi connectivity index (χ2n) is 3.64. The number of carbonyl (C=O) groups is 1. The van der Waals surface area contributed by atoms with Gasteiger partial charge in [0.2, 0.25) is 0 Å². The fraction of sp³-hybridized carbons (Fsp3) is 0.583. The van der Waals surface area contributed by atoms with E-state index >= 15 is 0 Å².